The average Bonchev–Trinajstić information content (AvgIpc) is 2.62. The van der Waals surface area contributed by atoms with E-state index in [1.54, 1.807) is 31.2 Å². The summed E-state index contributed by atoms with van der Waals surface area (Å²) in [6, 6.07) is 11.7. The molecule has 4 N–H and O–H groups in total. The van der Waals surface area contributed by atoms with Gasteiger partial charge in [-0.15, -0.1) is 0 Å². The minimum Gasteiger partial charge on any atom is -0.399 e. The predicted octanol–water partition coefficient (Wildman–Crippen LogP) is 3.23. The van der Waals surface area contributed by atoms with Crippen LogP contribution in [0.5, 0.6) is 0 Å². The van der Waals surface area contributed by atoms with Crippen molar-refractivity contribution in [1.82, 2.24) is 10.6 Å². The maximum atomic E-state index is 12.5. The van der Waals surface area contributed by atoms with Crippen LogP contribution in [0.2, 0.25) is 5.02 Å². The van der Waals surface area contributed by atoms with Crippen molar-refractivity contribution in [3.63, 3.8) is 0 Å². The second-order valence-corrected chi connectivity index (χ2v) is 7.05. The summed E-state index contributed by atoms with van der Waals surface area (Å²) >= 11 is 5.83. The first-order chi connectivity index (χ1) is 12.4. The Bertz CT molecular complexity index is 820. The van der Waals surface area contributed by atoms with Crippen LogP contribution in [0.25, 0.3) is 0 Å². The lowest BCUT2D eigenvalue weighted by Gasteiger charge is -2.28. The van der Waals surface area contributed by atoms with Gasteiger partial charge in [-0.3, -0.25) is 9.59 Å². The number of hydrogen-bond donors (Lipinski definition) is 3. The molecule has 1 aliphatic rings. The predicted molar refractivity (Wildman–Crippen MR) is 103 cm³/mol. The number of nitrogens with two attached hydrogens (primary N) is 1. The van der Waals surface area contributed by atoms with E-state index in [-0.39, 0.29) is 17.9 Å². The largest absolute Gasteiger partial charge is 0.399 e. The van der Waals surface area contributed by atoms with Crippen molar-refractivity contribution in [3.8, 4) is 0 Å². The molecule has 2 aromatic carbocycles. The van der Waals surface area contributed by atoms with Crippen LogP contribution >= 0.6 is 11.6 Å². The van der Waals surface area contributed by atoms with E-state index in [1.165, 1.54) is 5.56 Å². The number of nitrogen functional groups attached to an aromatic ring is 1. The number of carbonyl (C=O) groups is 2. The molecule has 0 bridgehead atoms. The van der Waals surface area contributed by atoms with Crippen LogP contribution in [-0.4, -0.2) is 17.9 Å². The number of amides is 2. The normalized spacial score (nSPS) is 17.1. The van der Waals surface area contributed by atoms with Crippen molar-refractivity contribution in [2.24, 2.45) is 0 Å². The van der Waals surface area contributed by atoms with E-state index in [2.05, 4.69) is 10.6 Å². The Morgan fingerprint density at radius 2 is 1.92 bits per heavy atom. The summed E-state index contributed by atoms with van der Waals surface area (Å²) in [7, 11) is 0. The number of nitrogens with one attached hydrogen (secondary N) is 2. The first-order valence-electron chi connectivity index (χ1n) is 8.69. The first-order valence-corrected chi connectivity index (χ1v) is 9.07. The topological polar surface area (TPSA) is 84.2 Å². The van der Waals surface area contributed by atoms with Crippen LogP contribution in [0, 0.1) is 0 Å². The Labute approximate surface area is 157 Å². The highest BCUT2D eigenvalue weighted by atomic mass is 35.5. The van der Waals surface area contributed by atoms with Gasteiger partial charge in [0.25, 0.3) is 5.91 Å². The highest BCUT2D eigenvalue weighted by molar-refractivity contribution is 6.30. The van der Waals surface area contributed by atoms with Crippen LogP contribution in [0.4, 0.5) is 5.69 Å². The van der Waals surface area contributed by atoms with E-state index in [0.717, 1.165) is 30.5 Å². The lowest BCUT2D eigenvalue weighted by molar-refractivity contribution is -0.123. The number of aryl methyl sites for hydroxylation is 1. The Morgan fingerprint density at radius 3 is 2.65 bits per heavy atom. The van der Waals surface area contributed by atoms with Gasteiger partial charge in [0.1, 0.15) is 6.04 Å². The highest BCUT2D eigenvalue weighted by Crippen LogP contribution is 2.31. The van der Waals surface area contributed by atoms with Crippen molar-refractivity contribution in [3.05, 3.63) is 64.2 Å². The lowest BCUT2D eigenvalue weighted by Crippen LogP contribution is -2.46. The molecule has 3 rings (SSSR count). The molecule has 0 spiro atoms. The van der Waals surface area contributed by atoms with Gasteiger partial charge in [0.15, 0.2) is 0 Å². The fourth-order valence-electron chi connectivity index (χ4n) is 3.23. The molecule has 0 fully saturated rings. The van der Waals surface area contributed by atoms with Gasteiger partial charge < -0.3 is 16.4 Å². The van der Waals surface area contributed by atoms with Gasteiger partial charge >= 0.3 is 0 Å². The van der Waals surface area contributed by atoms with Crippen molar-refractivity contribution in [1.29, 1.82) is 0 Å². The third kappa shape index (κ3) is 4.17. The molecule has 0 aromatic heterocycles. The third-order valence-electron chi connectivity index (χ3n) is 4.65. The third-order valence-corrected chi connectivity index (χ3v) is 4.90. The zero-order valence-corrected chi connectivity index (χ0v) is 15.3. The zero-order valence-electron chi connectivity index (χ0n) is 14.6. The molecular weight excluding hydrogens is 350 g/mol. The number of fused-ring (bicyclic) bond motifs is 1. The van der Waals surface area contributed by atoms with E-state index in [1.807, 2.05) is 18.2 Å². The Hall–Kier alpha value is -2.53. The van der Waals surface area contributed by atoms with Crippen molar-refractivity contribution >= 4 is 29.1 Å². The molecular formula is C20H22ClN3O2. The molecule has 2 atom stereocenters. The zero-order chi connectivity index (χ0) is 18.7. The number of carbonyl (C=O) groups excluding carboxylic acids is 2. The number of hydrogen-bond acceptors (Lipinski definition) is 3. The molecule has 0 heterocycles. The number of halogens is 1. The molecule has 0 saturated carbocycles. The molecule has 0 radical (unpaired) electrons. The Kier molecular flexibility index (Phi) is 5.47. The summed E-state index contributed by atoms with van der Waals surface area (Å²) in [4.78, 5) is 24.8. The molecule has 136 valence electrons. The fraction of sp³-hybridized carbons (Fsp3) is 0.300. The van der Waals surface area contributed by atoms with Crippen LogP contribution in [-0.2, 0) is 11.2 Å². The van der Waals surface area contributed by atoms with Crippen molar-refractivity contribution < 1.29 is 9.59 Å². The monoisotopic (exact) mass is 371 g/mol. The molecule has 6 heteroatoms. The molecule has 2 unspecified atom stereocenters. The molecule has 0 saturated heterocycles. The second kappa shape index (κ2) is 7.79. The average molecular weight is 372 g/mol. The SMILES string of the molecule is CC(NC(=O)c1ccc(Cl)cc1)C(=O)NC1CCCc2cc(N)ccc21. The Balaban J connectivity index is 1.63. The standard InChI is InChI=1S/C20H22ClN3O2/c1-12(23-20(26)13-5-7-15(21)8-6-13)19(25)24-18-4-2-3-14-11-16(22)9-10-17(14)18/h5-12,18H,2-4,22H2,1H3,(H,23,26)(H,24,25). The summed E-state index contributed by atoms with van der Waals surface area (Å²) in [5, 5.41) is 6.33. The molecule has 1 aliphatic carbocycles. The summed E-state index contributed by atoms with van der Waals surface area (Å²) in [6.45, 7) is 1.68. The van der Waals surface area contributed by atoms with Gasteiger partial charge in [-0.2, -0.15) is 0 Å². The maximum Gasteiger partial charge on any atom is 0.251 e. The van der Waals surface area contributed by atoms with E-state index >= 15 is 0 Å². The quantitative estimate of drug-likeness (QED) is 0.721. The number of benzene rings is 2. The molecule has 0 aliphatic heterocycles. The van der Waals surface area contributed by atoms with Crippen LogP contribution < -0.4 is 16.4 Å². The summed E-state index contributed by atoms with van der Waals surface area (Å²) < 4.78 is 0. The van der Waals surface area contributed by atoms with Gasteiger partial charge in [-0.25, -0.2) is 0 Å². The van der Waals surface area contributed by atoms with E-state index in [4.69, 9.17) is 17.3 Å². The van der Waals surface area contributed by atoms with E-state index in [0.29, 0.717) is 10.6 Å². The second-order valence-electron chi connectivity index (χ2n) is 6.61. The molecule has 2 amide bonds. The van der Waals surface area contributed by atoms with Crippen molar-refractivity contribution in [2.75, 3.05) is 5.73 Å². The van der Waals surface area contributed by atoms with Gasteiger partial charge in [-0.1, -0.05) is 17.7 Å². The maximum absolute atomic E-state index is 12.5. The fourth-order valence-corrected chi connectivity index (χ4v) is 3.35. The minimum absolute atomic E-state index is 0.0540. The molecule has 26 heavy (non-hydrogen) atoms. The summed E-state index contributed by atoms with van der Waals surface area (Å²) in [5.74, 6) is -0.511. The first kappa shape index (κ1) is 18.3. The minimum atomic E-state index is -0.641. The van der Waals surface area contributed by atoms with Gasteiger partial charge in [-0.05, 0) is 73.7 Å². The van der Waals surface area contributed by atoms with Crippen LogP contribution in [0.3, 0.4) is 0 Å². The van der Waals surface area contributed by atoms with Gasteiger partial charge in [0.05, 0.1) is 6.04 Å². The number of rotatable bonds is 4. The van der Waals surface area contributed by atoms with Gasteiger partial charge in [0.2, 0.25) is 5.91 Å². The van der Waals surface area contributed by atoms with Crippen LogP contribution in [0.1, 0.15) is 47.3 Å². The van der Waals surface area contributed by atoms with Crippen molar-refractivity contribution in [2.45, 2.75) is 38.3 Å². The number of anilines is 1. The van der Waals surface area contributed by atoms with E-state index in [9.17, 15) is 9.59 Å². The Morgan fingerprint density at radius 1 is 1.19 bits per heavy atom. The van der Waals surface area contributed by atoms with E-state index < -0.39 is 6.04 Å². The molecule has 5 nitrogen and oxygen atoms in total. The van der Waals surface area contributed by atoms with Gasteiger partial charge in [0, 0.05) is 16.3 Å². The summed E-state index contributed by atoms with van der Waals surface area (Å²) in [5.41, 5.74) is 9.34. The highest BCUT2D eigenvalue weighted by Gasteiger charge is 2.24. The summed E-state index contributed by atoms with van der Waals surface area (Å²) in [6.07, 6.45) is 2.84. The molecule has 2 aromatic rings. The van der Waals surface area contributed by atoms with Crippen LogP contribution in [0.15, 0.2) is 42.5 Å². The smallest absolute Gasteiger partial charge is 0.251 e. The lowest BCUT2D eigenvalue weighted by atomic mass is 9.87.